The number of aromatic nitrogens is 2. The van der Waals surface area contributed by atoms with Gasteiger partial charge in [0, 0.05) is 31.3 Å². The van der Waals surface area contributed by atoms with Crippen LogP contribution in [0.2, 0.25) is 5.02 Å². The summed E-state index contributed by atoms with van der Waals surface area (Å²) in [6.45, 7) is 1.51. The number of carbonyl (C=O) groups excluding carboxylic acids is 2. The molecule has 2 aromatic carbocycles. The fourth-order valence-corrected chi connectivity index (χ4v) is 3.14. The van der Waals surface area contributed by atoms with Crippen LogP contribution in [0, 0.1) is 5.92 Å². The molecule has 0 radical (unpaired) electrons. The third kappa shape index (κ3) is 5.15. The van der Waals surface area contributed by atoms with Crippen molar-refractivity contribution in [3.8, 4) is 0 Å². The van der Waals surface area contributed by atoms with Crippen LogP contribution in [0.25, 0.3) is 0 Å². The Morgan fingerprint density at radius 3 is 2.38 bits per heavy atom. The molecule has 0 atom stereocenters. The first-order chi connectivity index (χ1) is 15.4. The standard InChI is InChI=1S/C23H23ClN6O2/c1-14(31)30(2)17-11-9-16(10-12-17)26-23-25-13-18(24)21(29-23)27-19-5-3-4-6-20(19)28-22(32)15-7-8-15/h3-6,9-13,15H,7-8H2,1-2H3,(H,28,32)(H2,25,26,27,29). The highest BCUT2D eigenvalue weighted by Gasteiger charge is 2.30. The molecule has 1 aliphatic carbocycles. The molecule has 0 unspecified atom stereocenters. The second-order valence-corrected chi connectivity index (χ2v) is 7.98. The molecule has 3 N–H and O–H groups in total. The van der Waals surface area contributed by atoms with E-state index in [9.17, 15) is 9.59 Å². The Labute approximate surface area is 191 Å². The second kappa shape index (κ2) is 9.23. The lowest BCUT2D eigenvalue weighted by atomic mass is 10.2. The highest BCUT2D eigenvalue weighted by molar-refractivity contribution is 6.33. The van der Waals surface area contributed by atoms with E-state index in [1.165, 1.54) is 13.1 Å². The van der Waals surface area contributed by atoms with Gasteiger partial charge in [-0.2, -0.15) is 4.98 Å². The number of carbonyl (C=O) groups is 2. The minimum atomic E-state index is -0.0453. The zero-order valence-electron chi connectivity index (χ0n) is 17.7. The Kier molecular flexibility index (Phi) is 6.23. The predicted octanol–water partition coefficient (Wildman–Crippen LogP) is 4.95. The molecule has 164 valence electrons. The molecule has 1 aromatic heterocycles. The number of hydrogen-bond donors (Lipinski definition) is 3. The van der Waals surface area contributed by atoms with E-state index in [-0.39, 0.29) is 17.7 Å². The molecular formula is C23H23ClN6O2. The van der Waals surface area contributed by atoms with Crippen molar-refractivity contribution in [3.63, 3.8) is 0 Å². The van der Waals surface area contributed by atoms with Gasteiger partial charge in [0.25, 0.3) is 0 Å². The third-order valence-electron chi connectivity index (χ3n) is 5.11. The van der Waals surface area contributed by atoms with Crippen LogP contribution in [0.4, 0.5) is 34.5 Å². The van der Waals surface area contributed by atoms with E-state index >= 15 is 0 Å². The maximum absolute atomic E-state index is 12.2. The van der Waals surface area contributed by atoms with Crippen LogP contribution >= 0.6 is 11.6 Å². The summed E-state index contributed by atoms with van der Waals surface area (Å²) in [5.41, 5.74) is 2.90. The maximum atomic E-state index is 12.2. The van der Waals surface area contributed by atoms with Gasteiger partial charge in [-0.25, -0.2) is 4.98 Å². The minimum Gasteiger partial charge on any atom is -0.337 e. The summed E-state index contributed by atoms with van der Waals surface area (Å²) >= 11 is 6.31. The molecule has 8 nitrogen and oxygen atoms in total. The second-order valence-electron chi connectivity index (χ2n) is 7.57. The van der Waals surface area contributed by atoms with Crippen molar-refractivity contribution in [1.29, 1.82) is 0 Å². The van der Waals surface area contributed by atoms with Crippen LogP contribution in [-0.4, -0.2) is 28.8 Å². The van der Waals surface area contributed by atoms with Gasteiger partial charge in [0.05, 0.1) is 17.6 Å². The van der Waals surface area contributed by atoms with Gasteiger partial charge < -0.3 is 20.9 Å². The molecule has 9 heteroatoms. The highest BCUT2D eigenvalue weighted by atomic mass is 35.5. The molecule has 32 heavy (non-hydrogen) atoms. The van der Waals surface area contributed by atoms with Gasteiger partial charge >= 0.3 is 0 Å². The van der Waals surface area contributed by atoms with E-state index < -0.39 is 0 Å². The SMILES string of the molecule is CC(=O)N(C)c1ccc(Nc2ncc(Cl)c(Nc3ccccc3NC(=O)C3CC3)n2)cc1. The Bertz CT molecular complexity index is 1150. The van der Waals surface area contributed by atoms with Crippen LogP contribution < -0.4 is 20.9 Å². The van der Waals surface area contributed by atoms with E-state index in [2.05, 4.69) is 25.9 Å². The lowest BCUT2D eigenvalue weighted by Crippen LogP contribution is -2.22. The quantitative estimate of drug-likeness (QED) is 0.471. The Morgan fingerprint density at radius 1 is 1.03 bits per heavy atom. The summed E-state index contributed by atoms with van der Waals surface area (Å²) in [6.07, 6.45) is 3.36. The molecule has 0 bridgehead atoms. The number of rotatable bonds is 7. The first-order valence-corrected chi connectivity index (χ1v) is 10.6. The topological polar surface area (TPSA) is 99.3 Å². The molecule has 3 aromatic rings. The van der Waals surface area contributed by atoms with Crippen molar-refractivity contribution in [2.45, 2.75) is 19.8 Å². The van der Waals surface area contributed by atoms with E-state index in [0.29, 0.717) is 28.2 Å². The van der Waals surface area contributed by atoms with E-state index in [0.717, 1.165) is 24.2 Å². The van der Waals surface area contributed by atoms with Crippen molar-refractivity contribution >= 4 is 57.9 Å². The van der Waals surface area contributed by atoms with Crippen LogP contribution in [0.3, 0.4) is 0 Å². The normalized spacial score (nSPS) is 12.7. The molecule has 0 saturated heterocycles. The first-order valence-electron chi connectivity index (χ1n) is 10.2. The maximum Gasteiger partial charge on any atom is 0.229 e. The minimum absolute atomic E-state index is 0.0225. The fourth-order valence-electron chi connectivity index (χ4n) is 3.00. The van der Waals surface area contributed by atoms with Crippen LogP contribution in [-0.2, 0) is 9.59 Å². The van der Waals surface area contributed by atoms with Gasteiger partial charge in [0.1, 0.15) is 5.02 Å². The summed E-state index contributed by atoms with van der Waals surface area (Å²) in [5, 5.41) is 9.62. The zero-order valence-corrected chi connectivity index (χ0v) is 18.5. The number of para-hydroxylation sites is 2. The van der Waals surface area contributed by atoms with E-state index in [1.807, 2.05) is 48.5 Å². The van der Waals surface area contributed by atoms with Gasteiger partial charge in [0.15, 0.2) is 5.82 Å². The number of nitrogens with zero attached hydrogens (tertiary/aromatic N) is 3. The molecular weight excluding hydrogens is 428 g/mol. The highest BCUT2D eigenvalue weighted by Crippen LogP contribution is 2.33. The molecule has 0 spiro atoms. The number of benzene rings is 2. The van der Waals surface area contributed by atoms with Crippen molar-refractivity contribution in [1.82, 2.24) is 9.97 Å². The van der Waals surface area contributed by atoms with Gasteiger partial charge in [-0.1, -0.05) is 23.7 Å². The van der Waals surface area contributed by atoms with Gasteiger partial charge in [0.2, 0.25) is 17.8 Å². The van der Waals surface area contributed by atoms with E-state index in [4.69, 9.17) is 11.6 Å². The largest absolute Gasteiger partial charge is 0.337 e. The molecule has 0 aliphatic heterocycles. The van der Waals surface area contributed by atoms with Gasteiger partial charge in [-0.15, -0.1) is 0 Å². The van der Waals surface area contributed by atoms with Crippen molar-refractivity contribution in [3.05, 3.63) is 59.8 Å². The summed E-state index contributed by atoms with van der Waals surface area (Å²) in [4.78, 5) is 34.0. The first kappa shape index (κ1) is 21.6. The number of halogens is 1. The Balaban J connectivity index is 1.50. The van der Waals surface area contributed by atoms with Gasteiger partial charge in [-0.05, 0) is 49.2 Å². The summed E-state index contributed by atoms with van der Waals surface area (Å²) in [7, 11) is 1.72. The number of nitrogens with one attached hydrogen (secondary N) is 3. The van der Waals surface area contributed by atoms with Crippen LogP contribution in [0.1, 0.15) is 19.8 Å². The van der Waals surface area contributed by atoms with Crippen molar-refractivity contribution in [2.24, 2.45) is 5.92 Å². The fraction of sp³-hybridized carbons (Fsp3) is 0.217. The monoisotopic (exact) mass is 450 g/mol. The lowest BCUT2D eigenvalue weighted by Gasteiger charge is -2.16. The van der Waals surface area contributed by atoms with E-state index in [1.54, 1.807) is 11.9 Å². The molecule has 1 aliphatic rings. The predicted molar refractivity (Wildman–Crippen MR) is 127 cm³/mol. The zero-order chi connectivity index (χ0) is 22.7. The Morgan fingerprint density at radius 2 is 1.72 bits per heavy atom. The smallest absolute Gasteiger partial charge is 0.229 e. The average Bonchev–Trinajstić information content (AvgIpc) is 3.63. The molecule has 4 rings (SSSR count). The number of hydrogen-bond acceptors (Lipinski definition) is 6. The molecule has 1 saturated carbocycles. The summed E-state index contributed by atoms with van der Waals surface area (Å²) in [5.74, 6) is 0.836. The lowest BCUT2D eigenvalue weighted by molar-refractivity contribution is -0.117. The molecule has 2 amide bonds. The summed E-state index contributed by atoms with van der Waals surface area (Å²) < 4.78 is 0. The van der Waals surface area contributed by atoms with Crippen molar-refractivity contribution in [2.75, 3.05) is 27.9 Å². The third-order valence-corrected chi connectivity index (χ3v) is 5.39. The van der Waals surface area contributed by atoms with Crippen LogP contribution in [0.15, 0.2) is 54.7 Å². The van der Waals surface area contributed by atoms with Crippen LogP contribution in [0.5, 0.6) is 0 Å². The molecule has 1 fully saturated rings. The Hall–Kier alpha value is -3.65. The molecule has 1 heterocycles. The number of amides is 2. The van der Waals surface area contributed by atoms with Crippen molar-refractivity contribution < 1.29 is 9.59 Å². The summed E-state index contributed by atoms with van der Waals surface area (Å²) in [6, 6.07) is 14.7. The average molecular weight is 451 g/mol. The number of anilines is 6. The van der Waals surface area contributed by atoms with Gasteiger partial charge in [-0.3, -0.25) is 9.59 Å².